The van der Waals surface area contributed by atoms with Crippen molar-refractivity contribution in [2.24, 2.45) is 0 Å². The summed E-state index contributed by atoms with van der Waals surface area (Å²) >= 11 is 1.58. The molecule has 1 aromatic heterocycles. The van der Waals surface area contributed by atoms with Gasteiger partial charge in [-0.15, -0.1) is 11.3 Å². The Morgan fingerprint density at radius 3 is 2.41 bits per heavy atom. The van der Waals surface area contributed by atoms with Crippen LogP contribution >= 0.6 is 11.3 Å². The second-order valence-electron chi connectivity index (χ2n) is 5.27. The van der Waals surface area contributed by atoms with Gasteiger partial charge in [0.1, 0.15) is 0 Å². The Hall–Kier alpha value is -0.825. The third-order valence-corrected chi connectivity index (χ3v) is 4.41. The molecule has 5 heteroatoms. The predicted molar refractivity (Wildman–Crippen MR) is 69.4 cm³/mol. The van der Waals surface area contributed by atoms with Crippen molar-refractivity contribution in [1.82, 2.24) is 0 Å². The molecule has 0 atom stereocenters. The molecule has 90 valence electrons. The van der Waals surface area contributed by atoms with Crippen LogP contribution in [-0.2, 0) is 15.7 Å². The van der Waals surface area contributed by atoms with Gasteiger partial charge in [0.25, 0.3) is 0 Å². The number of hydrogen-bond acceptors (Lipinski definition) is 4. The SMILES string of the molecule is CC1(C)OB(c2csc(CC#N)c2)OC1(C)C. The van der Waals surface area contributed by atoms with Crippen molar-refractivity contribution < 1.29 is 9.31 Å². The van der Waals surface area contributed by atoms with Crippen molar-refractivity contribution in [3.05, 3.63) is 16.3 Å². The monoisotopic (exact) mass is 249 g/mol. The van der Waals surface area contributed by atoms with Gasteiger partial charge in [0.05, 0.1) is 23.7 Å². The number of thiophene rings is 1. The van der Waals surface area contributed by atoms with Gasteiger partial charge < -0.3 is 9.31 Å². The maximum Gasteiger partial charge on any atom is 0.495 e. The lowest BCUT2D eigenvalue weighted by Gasteiger charge is -2.32. The molecule has 2 rings (SSSR count). The molecule has 0 radical (unpaired) electrons. The van der Waals surface area contributed by atoms with Gasteiger partial charge in [-0.05, 0) is 44.6 Å². The number of nitriles is 1. The maximum absolute atomic E-state index is 8.65. The fourth-order valence-electron chi connectivity index (χ4n) is 1.67. The van der Waals surface area contributed by atoms with E-state index in [2.05, 4.69) is 6.07 Å². The summed E-state index contributed by atoms with van der Waals surface area (Å²) in [5, 5.41) is 10.7. The van der Waals surface area contributed by atoms with E-state index in [0.717, 1.165) is 10.3 Å². The van der Waals surface area contributed by atoms with Crippen LogP contribution in [0.15, 0.2) is 11.4 Å². The van der Waals surface area contributed by atoms with Gasteiger partial charge >= 0.3 is 7.12 Å². The summed E-state index contributed by atoms with van der Waals surface area (Å²) < 4.78 is 11.9. The largest absolute Gasteiger partial charge is 0.495 e. The highest BCUT2D eigenvalue weighted by molar-refractivity contribution is 7.11. The molecule has 2 heterocycles. The highest BCUT2D eigenvalue weighted by Gasteiger charge is 2.51. The zero-order valence-electron chi connectivity index (χ0n) is 10.6. The van der Waals surface area contributed by atoms with Crippen LogP contribution in [0.3, 0.4) is 0 Å². The minimum Gasteiger partial charge on any atom is -0.399 e. The van der Waals surface area contributed by atoms with Gasteiger partial charge in [-0.1, -0.05) is 0 Å². The van der Waals surface area contributed by atoms with E-state index in [0.29, 0.717) is 6.42 Å². The summed E-state index contributed by atoms with van der Waals surface area (Å²) in [5.74, 6) is 0. The smallest absolute Gasteiger partial charge is 0.399 e. The molecule has 1 aliphatic heterocycles. The van der Waals surface area contributed by atoms with Crippen molar-refractivity contribution in [3.63, 3.8) is 0 Å². The van der Waals surface area contributed by atoms with E-state index in [1.165, 1.54) is 0 Å². The third-order valence-electron chi connectivity index (χ3n) is 3.45. The molecule has 0 bridgehead atoms. The first kappa shape index (κ1) is 12.6. The highest BCUT2D eigenvalue weighted by Crippen LogP contribution is 2.36. The van der Waals surface area contributed by atoms with Crippen LogP contribution < -0.4 is 5.46 Å². The summed E-state index contributed by atoms with van der Waals surface area (Å²) in [6.45, 7) is 8.15. The second kappa shape index (κ2) is 4.13. The Bertz CT molecular complexity index is 445. The Morgan fingerprint density at radius 1 is 1.29 bits per heavy atom. The van der Waals surface area contributed by atoms with E-state index in [-0.39, 0.29) is 18.3 Å². The lowest BCUT2D eigenvalue weighted by molar-refractivity contribution is 0.00578. The third kappa shape index (κ3) is 2.26. The number of hydrogen-bond donors (Lipinski definition) is 0. The van der Waals surface area contributed by atoms with E-state index in [1.807, 2.05) is 39.1 Å². The zero-order valence-corrected chi connectivity index (χ0v) is 11.4. The van der Waals surface area contributed by atoms with E-state index in [4.69, 9.17) is 14.6 Å². The van der Waals surface area contributed by atoms with Crippen molar-refractivity contribution in [2.45, 2.75) is 45.3 Å². The Labute approximate surface area is 106 Å². The maximum atomic E-state index is 8.65. The summed E-state index contributed by atoms with van der Waals surface area (Å²) in [5.41, 5.74) is 0.392. The van der Waals surface area contributed by atoms with Crippen LogP contribution in [-0.4, -0.2) is 18.3 Å². The Morgan fingerprint density at radius 2 is 1.88 bits per heavy atom. The molecule has 0 N–H and O–H groups in total. The molecular formula is C12H16BNO2S. The second-order valence-corrected chi connectivity index (χ2v) is 6.27. The van der Waals surface area contributed by atoms with Gasteiger partial charge in [0.2, 0.25) is 0 Å². The van der Waals surface area contributed by atoms with E-state index >= 15 is 0 Å². The summed E-state index contributed by atoms with van der Waals surface area (Å²) in [7, 11) is -0.316. The Kier molecular flexibility index (Phi) is 3.07. The molecule has 1 fully saturated rings. The molecular weight excluding hydrogens is 233 g/mol. The quantitative estimate of drug-likeness (QED) is 0.754. The van der Waals surface area contributed by atoms with Gasteiger partial charge in [0.15, 0.2) is 0 Å². The molecule has 0 unspecified atom stereocenters. The number of nitrogens with zero attached hydrogens (tertiary/aromatic N) is 1. The number of rotatable bonds is 2. The molecule has 0 amide bonds. The molecule has 0 aromatic carbocycles. The molecule has 1 aliphatic rings. The standard InChI is InChI=1S/C12H16BNO2S/c1-11(2)12(3,4)16-13(15-11)9-7-10(5-6-14)17-8-9/h7-8H,5H2,1-4H3. The highest BCUT2D eigenvalue weighted by atomic mass is 32.1. The molecule has 0 spiro atoms. The summed E-state index contributed by atoms with van der Waals surface area (Å²) in [6, 6.07) is 4.15. The molecule has 0 saturated carbocycles. The molecule has 1 aromatic rings. The fourth-order valence-corrected chi connectivity index (χ4v) is 2.49. The first-order chi connectivity index (χ1) is 7.86. The summed E-state index contributed by atoms with van der Waals surface area (Å²) in [4.78, 5) is 1.05. The van der Waals surface area contributed by atoms with Crippen LogP contribution in [0.1, 0.15) is 32.6 Å². The average molecular weight is 249 g/mol. The van der Waals surface area contributed by atoms with Gasteiger partial charge in [0, 0.05) is 4.88 Å². The first-order valence-electron chi connectivity index (χ1n) is 5.65. The van der Waals surface area contributed by atoms with Crippen LogP contribution in [0.25, 0.3) is 0 Å². The van der Waals surface area contributed by atoms with Crippen molar-refractivity contribution >= 4 is 23.9 Å². The van der Waals surface area contributed by atoms with Crippen LogP contribution in [0.5, 0.6) is 0 Å². The van der Waals surface area contributed by atoms with Gasteiger partial charge in [-0.25, -0.2) is 0 Å². The zero-order chi connectivity index (χ0) is 12.7. The summed E-state index contributed by atoms with van der Waals surface area (Å²) in [6.07, 6.45) is 0.449. The van der Waals surface area contributed by atoms with E-state index in [1.54, 1.807) is 11.3 Å². The van der Waals surface area contributed by atoms with Gasteiger partial charge in [-0.2, -0.15) is 5.26 Å². The molecule has 1 saturated heterocycles. The van der Waals surface area contributed by atoms with Crippen LogP contribution in [0.2, 0.25) is 0 Å². The predicted octanol–water partition coefficient (Wildman–Crippen LogP) is 2.11. The molecule has 0 aliphatic carbocycles. The normalized spacial score (nSPS) is 21.5. The lowest BCUT2D eigenvalue weighted by atomic mass is 9.81. The average Bonchev–Trinajstić information content (AvgIpc) is 2.71. The molecule has 3 nitrogen and oxygen atoms in total. The van der Waals surface area contributed by atoms with Crippen molar-refractivity contribution in [1.29, 1.82) is 5.26 Å². The minimum atomic E-state index is -0.316. The minimum absolute atomic E-state index is 0.311. The van der Waals surface area contributed by atoms with Gasteiger partial charge in [-0.3, -0.25) is 0 Å². The van der Waals surface area contributed by atoms with E-state index in [9.17, 15) is 0 Å². The topological polar surface area (TPSA) is 42.2 Å². The lowest BCUT2D eigenvalue weighted by Crippen LogP contribution is -2.41. The Balaban J connectivity index is 2.18. The van der Waals surface area contributed by atoms with Crippen molar-refractivity contribution in [2.75, 3.05) is 0 Å². The molecule has 17 heavy (non-hydrogen) atoms. The van der Waals surface area contributed by atoms with Crippen LogP contribution in [0, 0.1) is 11.3 Å². The first-order valence-corrected chi connectivity index (χ1v) is 6.53. The van der Waals surface area contributed by atoms with E-state index < -0.39 is 0 Å². The van der Waals surface area contributed by atoms with Crippen LogP contribution in [0.4, 0.5) is 0 Å². The fraction of sp³-hybridized carbons (Fsp3) is 0.583. The van der Waals surface area contributed by atoms with Crippen molar-refractivity contribution in [3.8, 4) is 6.07 Å².